The second-order valence-electron chi connectivity index (χ2n) is 6.54. The fourth-order valence-corrected chi connectivity index (χ4v) is 1.81. The maximum absolute atomic E-state index is 10.2. The minimum absolute atomic E-state index is 0.678. The van der Waals surface area contributed by atoms with Crippen molar-refractivity contribution < 1.29 is 4.79 Å². The summed E-state index contributed by atoms with van der Waals surface area (Å²) in [6.07, 6.45) is 12.6. The molecule has 0 fully saturated rings. The van der Waals surface area contributed by atoms with Crippen LogP contribution in [0.2, 0.25) is 0 Å². The van der Waals surface area contributed by atoms with Crippen LogP contribution in [0, 0.1) is 5.92 Å². The van der Waals surface area contributed by atoms with Crippen molar-refractivity contribution in [3.05, 3.63) is 66.8 Å². The fourth-order valence-electron chi connectivity index (χ4n) is 1.81. The van der Waals surface area contributed by atoms with E-state index in [1.54, 1.807) is 18.1 Å². The highest BCUT2D eigenvalue weighted by Crippen LogP contribution is 2.23. The first-order valence-corrected chi connectivity index (χ1v) is 9.41. The van der Waals surface area contributed by atoms with Crippen LogP contribution < -0.4 is 0 Å². The summed E-state index contributed by atoms with van der Waals surface area (Å²) in [7, 11) is 6.00. The van der Waals surface area contributed by atoms with Gasteiger partial charge in [0.15, 0.2) is 0 Å². The zero-order chi connectivity index (χ0) is 21.0. The van der Waals surface area contributed by atoms with Crippen LogP contribution in [-0.2, 0) is 4.79 Å². The van der Waals surface area contributed by atoms with E-state index >= 15 is 0 Å². The van der Waals surface area contributed by atoms with Crippen molar-refractivity contribution in [1.29, 1.82) is 0 Å². The average Bonchev–Trinajstić information content (AvgIpc) is 2.59. The van der Waals surface area contributed by atoms with Gasteiger partial charge < -0.3 is 4.90 Å². The maximum atomic E-state index is 10.2. The predicted molar refractivity (Wildman–Crippen MR) is 120 cm³/mol. The third-order valence-electron chi connectivity index (χ3n) is 3.11. The third-order valence-corrected chi connectivity index (χ3v) is 3.11. The Morgan fingerprint density at radius 1 is 1.04 bits per heavy atom. The van der Waals surface area contributed by atoms with Crippen LogP contribution in [0.3, 0.4) is 0 Å². The van der Waals surface area contributed by atoms with Crippen LogP contribution >= 0.6 is 0 Å². The number of rotatable bonds is 10. The number of hydrogen-bond donors (Lipinski definition) is 0. The van der Waals surface area contributed by atoms with E-state index < -0.39 is 0 Å². The minimum Gasteiger partial charge on any atom is -0.312 e. The van der Waals surface area contributed by atoms with Crippen molar-refractivity contribution in [2.24, 2.45) is 5.92 Å². The second kappa shape index (κ2) is 21.2. The van der Waals surface area contributed by atoms with Crippen LogP contribution in [0.1, 0.15) is 53.4 Å². The lowest BCUT2D eigenvalue weighted by atomic mass is 9.93. The van der Waals surface area contributed by atoms with Crippen molar-refractivity contribution in [3.63, 3.8) is 0 Å². The Labute approximate surface area is 163 Å². The summed E-state index contributed by atoms with van der Waals surface area (Å²) in [5, 5.41) is 0. The van der Waals surface area contributed by atoms with Gasteiger partial charge in [0.2, 0.25) is 0 Å². The first-order chi connectivity index (χ1) is 12.3. The Bertz CT molecular complexity index is 484. The molecule has 0 N–H and O–H groups in total. The van der Waals surface area contributed by atoms with E-state index in [2.05, 4.69) is 33.6 Å². The molecule has 2 nitrogen and oxygen atoms in total. The van der Waals surface area contributed by atoms with E-state index in [0.29, 0.717) is 5.92 Å². The lowest BCUT2D eigenvalue weighted by Crippen LogP contribution is -1.99. The fraction of sp³-hybridized carbons (Fsp3) is 0.500. The monoisotopic (exact) mass is 359 g/mol. The Kier molecular flexibility index (Phi) is 23.5. The summed E-state index contributed by atoms with van der Waals surface area (Å²) in [5.74, 6) is 2.43. The highest BCUT2D eigenvalue weighted by atomic mass is 16.1. The summed E-state index contributed by atoms with van der Waals surface area (Å²) in [6.45, 7) is 20.1. The lowest BCUT2D eigenvalue weighted by Gasteiger charge is -2.12. The Morgan fingerprint density at radius 3 is 1.96 bits per heavy atom. The molecule has 0 aromatic heterocycles. The standard InChI is InChI=1S/C19H26O.C3H9N.C2H6/c1-6-9-19(14-11-16(3)4)17(5)12-13-18(7-2)10-8-15-20;1-4(2)3;1-2/h6-10,16H,1-2,5,11-14H2,3-4H3;1-3H3;1-2H3/b18-10+,19-9+;;. The van der Waals surface area contributed by atoms with E-state index in [1.807, 2.05) is 52.0 Å². The third kappa shape index (κ3) is 22.1. The molecule has 0 unspecified atom stereocenters. The van der Waals surface area contributed by atoms with Gasteiger partial charge >= 0.3 is 0 Å². The predicted octanol–water partition coefficient (Wildman–Crippen LogP) is 6.58. The van der Waals surface area contributed by atoms with E-state index in [-0.39, 0.29) is 0 Å². The summed E-state index contributed by atoms with van der Waals surface area (Å²) in [6, 6.07) is 0. The van der Waals surface area contributed by atoms with E-state index in [9.17, 15) is 4.79 Å². The molecule has 26 heavy (non-hydrogen) atoms. The van der Waals surface area contributed by atoms with Crippen LogP contribution in [0.25, 0.3) is 0 Å². The topological polar surface area (TPSA) is 20.3 Å². The van der Waals surface area contributed by atoms with Gasteiger partial charge in [-0.1, -0.05) is 71.2 Å². The number of nitrogens with zero attached hydrogens (tertiary/aromatic N) is 1. The highest BCUT2D eigenvalue weighted by molar-refractivity contribution is 5.50. The zero-order valence-corrected chi connectivity index (χ0v) is 18.3. The molecule has 0 saturated heterocycles. The van der Waals surface area contributed by atoms with Gasteiger partial charge in [-0.15, -0.1) is 0 Å². The molecule has 148 valence electrons. The summed E-state index contributed by atoms with van der Waals surface area (Å²) >= 11 is 0. The molecule has 0 rings (SSSR count). The molecule has 0 aliphatic rings. The van der Waals surface area contributed by atoms with Gasteiger partial charge in [-0.2, -0.15) is 0 Å². The van der Waals surface area contributed by atoms with Gasteiger partial charge in [0, 0.05) is 6.08 Å². The molecule has 0 heterocycles. The lowest BCUT2D eigenvalue weighted by molar-refractivity contribution is 0.505. The molecular formula is C24H41NO. The first kappa shape index (κ1) is 28.9. The number of allylic oxidation sites excluding steroid dienone is 8. The Morgan fingerprint density at radius 2 is 1.58 bits per heavy atom. The van der Waals surface area contributed by atoms with Crippen molar-refractivity contribution in [3.8, 4) is 0 Å². The molecule has 0 amide bonds. The van der Waals surface area contributed by atoms with Crippen molar-refractivity contribution in [2.45, 2.75) is 53.4 Å². The molecular weight excluding hydrogens is 318 g/mol. The Hall–Kier alpha value is -1.89. The van der Waals surface area contributed by atoms with Crippen LogP contribution in [0.15, 0.2) is 66.8 Å². The van der Waals surface area contributed by atoms with Crippen LogP contribution in [0.5, 0.6) is 0 Å². The quantitative estimate of drug-likeness (QED) is 0.324. The largest absolute Gasteiger partial charge is 0.312 e. The molecule has 0 spiro atoms. The van der Waals surface area contributed by atoms with Crippen LogP contribution in [0.4, 0.5) is 0 Å². The SMILES string of the molecule is C=C/C=C(\CCC(C)C)C(=C)CC/C(C=C)=C/C=C=O.CC.CN(C)C. The van der Waals surface area contributed by atoms with Crippen LogP contribution in [-0.4, -0.2) is 32.0 Å². The normalized spacial score (nSPS) is 10.8. The van der Waals surface area contributed by atoms with E-state index in [0.717, 1.165) is 36.8 Å². The van der Waals surface area contributed by atoms with Gasteiger partial charge in [0.25, 0.3) is 0 Å². The molecule has 0 aliphatic heterocycles. The van der Waals surface area contributed by atoms with E-state index in [1.165, 1.54) is 11.6 Å². The number of carbonyl (C=O) groups excluding carboxylic acids is 1. The van der Waals surface area contributed by atoms with Crippen molar-refractivity contribution >= 4 is 5.94 Å². The Balaban J connectivity index is -0.000000769. The minimum atomic E-state index is 0.678. The van der Waals surface area contributed by atoms with Gasteiger partial charge in [-0.3, -0.25) is 0 Å². The van der Waals surface area contributed by atoms with Gasteiger partial charge in [-0.25, -0.2) is 4.79 Å². The van der Waals surface area contributed by atoms with Crippen molar-refractivity contribution in [2.75, 3.05) is 21.1 Å². The maximum Gasteiger partial charge on any atom is 0.124 e. The van der Waals surface area contributed by atoms with Crippen molar-refractivity contribution in [1.82, 2.24) is 4.90 Å². The first-order valence-electron chi connectivity index (χ1n) is 9.41. The molecule has 0 bridgehead atoms. The molecule has 0 radical (unpaired) electrons. The van der Waals surface area contributed by atoms with E-state index in [4.69, 9.17) is 0 Å². The highest BCUT2D eigenvalue weighted by Gasteiger charge is 2.05. The molecule has 0 aromatic carbocycles. The van der Waals surface area contributed by atoms with Gasteiger partial charge in [0.1, 0.15) is 5.94 Å². The zero-order valence-electron chi connectivity index (χ0n) is 18.3. The molecule has 0 aromatic rings. The molecule has 0 atom stereocenters. The summed E-state index contributed by atoms with van der Waals surface area (Å²) < 4.78 is 0. The summed E-state index contributed by atoms with van der Waals surface area (Å²) in [4.78, 5) is 12.2. The molecule has 2 heteroatoms. The van der Waals surface area contributed by atoms with Gasteiger partial charge in [-0.05, 0) is 70.0 Å². The van der Waals surface area contributed by atoms with Gasteiger partial charge in [0.05, 0.1) is 0 Å². The number of hydrogen-bond acceptors (Lipinski definition) is 2. The second-order valence-corrected chi connectivity index (χ2v) is 6.54. The molecule has 0 saturated carbocycles. The average molecular weight is 360 g/mol. The smallest absolute Gasteiger partial charge is 0.124 e. The molecule has 0 aliphatic carbocycles. The summed E-state index contributed by atoms with van der Waals surface area (Å²) in [5.41, 5.74) is 3.42.